The molecule has 0 unspecified atom stereocenters. The molecule has 0 aliphatic rings. The third-order valence-corrected chi connectivity index (χ3v) is 3.22. The fourth-order valence-electron chi connectivity index (χ4n) is 1.41. The Labute approximate surface area is 104 Å². The summed E-state index contributed by atoms with van der Waals surface area (Å²) in [6.45, 7) is 1.82. The van der Waals surface area contributed by atoms with Crippen LogP contribution < -0.4 is 5.32 Å². The Morgan fingerprint density at radius 3 is 3.00 bits per heavy atom. The minimum atomic E-state index is 0.662. The van der Waals surface area contributed by atoms with Gasteiger partial charge in [-0.15, -0.1) is 11.6 Å². The number of imidazole rings is 1. The molecule has 16 heavy (non-hydrogen) atoms. The average molecular weight is 256 g/mol. The maximum atomic E-state index is 5.56. The van der Waals surface area contributed by atoms with Gasteiger partial charge in [-0.25, -0.2) is 4.98 Å². The van der Waals surface area contributed by atoms with Gasteiger partial charge in [-0.2, -0.15) is 0 Å². The Balaban J connectivity index is 1.85. The number of thioether (sulfide) groups is 1. The van der Waals surface area contributed by atoms with Gasteiger partial charge in [0.15, 0.2) is 5.16 Å². The number of H-pyrrole nitrogens is 1. The number of benzene rings is 1. The van der Waals surface area contributed by atoms with Crippen molar-refractivity contribution < 1.29 is 0 Å². The molecule has 2 rings (SSSR count). The highest BCUT2D eigenvalue weighted by molar-refractivity contribution is 7.99. The number of hydrogen-bond acceptors (Lipinski definition) is 3. The van der Waals surface area contributed by atoms with Crippen LogP contribution in [0, 0.1) is 0 Å². The van der Waals surface area contributed by atoms with Gasteiger partial charge >= 0.3 is 0 Å². The first-order valence-corrected chi connectivity index (χ1v) is 6.76. The van der Waals surface area contributed by atoms with E-state index in [2.05, 4.69) is 15.3 Å². The Morgan fingerprint density at radius 2 is 2.19 bits per heavy atom. The van der Waals surface area contributed by atoms with Crippen LogP contribution in [0.15, 0.2) is 29.4 Å². The quantitative estimate of drug-likeness (QED) is 0.473. The van der Waals surface area contributed by atoms with E-state index >= 15 is 0 Å². The van der Waals surface area contributed by atoms with Crippen LogP contribution in [0.5, 0.6) is 0 Å². The summed E-state index contributed by atoms with van der Waals surface area (Å²) < 4.78 is 0. The minimum absolute atomic E-state index is 0.662. The zero-order valence-electron chi connectivity index (χ0n) is 8.87. The zero-order chi connectivity index (χ0) is 11.2. The molecule has 2 aromatic rings. The molecule has 5 heteroatoms. The van der Waals surface area contributed by atoms with E-state index in [1.807, 2.05) is 24.3 Å². The number of nitrogens with zero attached hydrogens (tertiary/aromatic N) is 1. The topological polar surface area (TPSA) is 40.7 Å². The van der Waals surface area contributed by atoms with Crippen molar-refractivity contribution in [3.63, 3.8) is 0 Å². The fourth-order valence-corrected chi connectivity index (χ4v) is 2.33. The molecular formula is C11H14ClN3S. The third kappa shape index (κ3) is 3.14. The van der Waals surface area contributed by atoms with Crippen LogP contribution in [0.3, 0.4) is 0 Å². The summed E-state index contributed by atoms with van der Waals surface area (Å²) in [5.41, 5.74) is 2.12. The third-order valence-electron chi connectivity index (χ3n) is 2.16. The first kappa shape index (κ1) is 11.8. The molecule has 1 heterocycles. The largest absolute Gasteiger partial charge is 0.333 e. The monoisotopic (exact) mass is 255 g/mol. The lowest BCUT2D eigenvalue weighted by Gasteiger charge is -1.99. The molecule has 0 atom stereocenters. The fraction of sp³-hybridized carbons (Fsp3) is 0.364. The van der Waals surface area contributed by atoms with E-state index in [0.717, 1.165) is 35.0 Å². The summed E-state index contributed by atoms with van der Waals surface area (Å²) in [5.74, 6) is 1.66. The number of nitrogens with one attached hydrogen (secondary N) is 2. The number of fused-ring (bicyclic) bond motifs is 1. The maximum Gasteiger partial charge on any atom is 0.166 e. The smallest absolute Gasteiger partial charge is 0.166 e. The second-order valence-corrected chi connectivity index (χ2v) is 4.81. The Hall–Kier alpha value is -0.710. The molecule has 0 radical (unpaired) electrons. The van der Waals surface area contributed by atoms with Gasteiger partial charge in [-0.3, -0.25) is 0 Å². The zero-order valence-corrected chi connectivity index (χ0v) is 10.4. The lowest BCUT2D eigenvalue weighted by molar-refractivity contribution is 0.771. The molecule has 3 nitrogen and oxygen atoms in total. The van der Waals surface area contributed by atoms with Gasteiger partial charge in [0.05, 0.1) is 11.0 Å². The van der Waals surface area contributed by atoms with Gasteiger partial charge in [0, 0.05) is 24.7 Å². The van der Waals surface area contributed by atoms with Crippen molar-refractivity contribution >= 4 is 34.4 Å². The summed E-state index contributed by atoms with van der Waals surface area (Å²) in [5, 5.41) is 4.23. The van der Waals surface area contributed by atoms with Gasteiger partial charge in [-0.1, -0.05) is 23.9 Å². The highest BCUT2D eigenvalue weighted by atomic mass is 35.5. The number of halogens is 1. The van der Waals surface area contributed by atoms with Gasteiger partial charge in [0.1, 0.15) is 0 Å². The van der Waals surface area contributed by atoms with Crippen LogP contribution in [-0.4, -0.2) is 34.7 Å². The van der Waals surface area contributed by atoms with Crippen molar-refractivity contribution in [1.29, 1.82) is 0 Å². The maximum absolute atomic E-state index is 5.56. The van der Waals surface area contributed by atoms with Crippen molar-refractivity contribution in [1.82, 2.24) is 15.3 Å². The molecule has 2 N–H and O–H groups in total. The standard InChI is InChI=1S/C11H14ClN3S/c12-5-6-13-7-8-16-11-14-9-3-1-2-4-10(9)15-11/h1-4,13H,5-8H2,(H,14,15). The summed E-state index contributed by atoms with van der Waals surface area (Å²) >= 11 is 7.29. The van der Waals surface area contributed by atoms with E-state index in [1.54, 1.807) is 11.8 Å². The summed E-state index contributed by atoms with van der Waals surface area (Å²) in [7, 11) is 0. The van der Waals surface area contributed by atoms with Crippen molar-refractivity contribution in [2.24, 2.45) is 0 Å². The number of alkyl halides is 1. The van der Waals surface area contributed by atoms with Crippen molar-refractivity contribution in [2.75, 3.05) is 24.7 Å². The first-order valence-electron chi connectivity index (χ1n) is 5.24. The molecule has 0 saturated heterocycles. The van der Waals surface area contributed by atoms with Crippen LogP contribution in [0.4, 0.5) is 0 Å². The predicted octanol–water partition coefficient (Wildman–Crippen LogP) is 2.48. The Bertz CT molecular complexity index is 410. The first-order chi connectivity index (χ1) is 7.90. The summed E-state index contributed by atoms with van der Waals surface area (Å²) in [6.07, 6.45) is 0. The number of hydrogen-bond donors (Lipinski definition) is 2. The van der Waals surface area contributed by atoms with Crippen molar-refractivity contribution in [3.8, 4) is 0 Å². The van der Waals surface area contributed by atoms with Crippen LogP contribution in [-0.2, 0) is 0 Å². The van der Waals surface area contributed by atoms with E-state index < -0.39 is 0 Å². The van der Waals surface area contributed by atoms with Crippen LogP contribution >= 0.6 is 23.4 Å². The number of aromatic amines is 1. The van der Waals surface area contributed by atoms with Gasteiger partial charge in [0.2, 0.25) is 0 Å². The Morgan fingerprint density at radius 1 is 1.31 bits per heavy atom. The van der Waals surface area contributed by atoms with E-state index in [9.17, 15) is 0 Å². The molecule has 0 amide bonds. The van der Waals surface area contributed by atoms with Gasteiger partial charge in [0.25, 0.3) is 0 Å². The summed E-state index contributed by atoms with van der Waals surface area (Å²) in [6, 6.07) is 8.07. The van der Waals surface area contributed by atoms with Crippen LogP contribution in [0.25, 0.3) is 11.0 Å². The van der Waals surface area contributed by atoms with Crippen molar-refractivity contribution in [3.05, 3.63) is 24.3 Å². The number of para-hydroxylation sites is 2. The number of rotatable bonds is 6. The van der Waals surface area contributed by atoms with E-state index in [-0.39, 0.29) is 0 Å². The van der Waals surface area contributed by atoms with E-state index in [4.69, 9.17) is 11.6 Å². The second kappa shape index (κ2) is 6.13. The normalized spacial score (nSPS) is 11.1. The molecule has 0 aliphatic heterocycles. The van der Waals surface area contributed by atoms with Crippen molar-refractivity contribution in [2.45, 2.75) is 5.16 Å². The molecule has 0 spiro atoms. The molecule has 0 aliphatic carbocycles. The van der Waals surface area contributed by atoms with E-state index in [0.29, 0.717) is 5.88 Å². The number of aromatic nitrogens is 2. The SMILES string of the molecule is ClCCNCCSc1nc2ccccc2[nH]1. The predicted molar refractivity (Wildman–Crippen MR) is 70.4 cm³/mol. The highest BCUT2D eigenvalue weighted by Gasteiger charge is 2.01. The molecule has 0 fully saturated rings. The molecular weight excluding hydrogens is 242 g/mol. The molecule has 1 aromatic heterocycles. The lowest BCUT2D eigenvalue weighted by Crippen LogP contribution is -2.19. The molecule has 0 saturated carbocycles. The summed E-state index contributed by atoms with van der Waals surface area (Å²) in [4.78, 5) is 7.77. The highest BCUT2D eigenvalue weighted by Crippen LogP contribution is 2.18. The van der Waals surface area contributed by atoms with E-state index in [1.165, 1.54) is 0 Å². The van der Waals surface area contributed by atoms with Crippen LogP contribution in [0.1, 0.15) is 0 Å². The van der Waals surface area contributed by atoms with Gasteiger partial charge < -0.3 is 10.3 Å². The minimum Gasteiger partial charge on any atom is -0.333 e. The molecule has 0 bridgehead atoms. The second-order valence-electron chi connectivity index (χ2n) is 3.35. The van der Waals surface area contributed by atoms with Crippen LogP contribution in [0.2, 0.25) is 0 Å². The lowest BCUT2D eigenvalue weighted by atomic mass is 10.3. The average Bonchev–Trinajstić information content (AvgIpc) is 2.71. The van der Waals surface area contributed by atoms with Gasteiger partial charge in [-0.05, 0) is 12.1 Å². The molecule has 86 valence electrons. The molecule has 1 aromatic carbocycles. The Kier molecular flexibility index (Phi) is 4.51.